The first kappa shape index (κ1) is 22.7. The highest BCUT2D eigenvalue weighted by atomic mass is 16.5. The third-order valence-electron chi connectivity index (χ3n) is 5.62. The number of hydrogen-bond donors (Lipinski definition) is 4. The van der Waals surface area contributed by atoms with E-state index >= 15 is 0 Å². The van der Waals surface area contributed by atoms with E-state index in [2.05, 4.69) is 10.2 Å². The van der Waals surface area contributed by atoms with Gasteiger partial charge >= 0.3 is 5.97 Å². The molecule has 7 heteroatoms. The Bertz CT molecular complexity index is 875. The maximum Gasteiger partial charge on any atom is 0.325 e. The van der Waals surface area contributed by atoms with Crippen molar-refractivity contribution in [3.05, 3.63) is 77.4 Å². The fraction of sp³-hybridized carbons (Fsp3) is 0.333. The van der Waals surface area contributed by atoms with E-state index in [0.29, 0.717) is 12.5 Å². The molecule has 1 aliphatic rings. The number of carbonyl (C=O) groups is 2. The first-order valence-electron chi connectivity index (χ1n) is 10.5. The smallest absolute Gasteiger partial charge is 0.325 e. The van der Waals surface area contributed by atoms with E-state index in [1.807, 2.05) is 54.6 Å². The molecule has 1 fully saturated rings. The Balaban J connectivity index is 1.44. The van der Waals surface area contributed by atoms with Gasteiger partial charge in [0.05, 0.1) is 0 Å². The normalized spacial score (nSPS) is 16.3. The molecule has 2 aromatic rings. The lowest BCUT2D eigenvalue weighted by atomic mass is 9.95. The number of carboxylic acids is 1. The molecule has 0 radical (unpaired) electrons. The lowest BCUT2D eigenvalue weighted by molar-refractivity contribution is -0.139. The Hall–Kier alpha value is -3.00. The molecule has 1 aliphatic heterocycles. The largest absolute Gasteiger partial charge is 0.480 e. The summed E-state index contributed by atoms with van der Waals surface area (Å²) < 4.78 is 0. The van der Waals surface area contributed by atoms with E-state index in [1.165, 1.54) is 11.6 Å². The zero-order valence-corrected chi connectivity index (χ0v) is 17.4. The van der Waals surface area contributed by atoms with E-state index in [4.69, 9.17) is 5.21 Å². The zero-order chi connectivity index (χ0) is 22.1. The van der Waals surface area contributed by atoms with Crippen LogP contribution in [0.25, 0.3) is 6.08 Å². The van der Waals surface area contributed by atoms with Crippen LogP contribution in [-0.4, -0.2) is 46.7 Å². The summed E-state index contributed by atoms with van der Waals surface area (Å²) in [7, 11) is 0. The standard InChI is InChI=1S/C24H29N3O4/c28-22(26-31)11-10-18-6-8-20(9-7-18)17-27-14-12-19(13-15-27)16-25-23(24(29)30)21-4-2-1-3-5-21/h1-11,19,23,25,31H,12-17H2,(H,26,28)(H,29,30)/b11-10+/t23-/m0/s1. The van der Waals surface area contributed by atoms with Gasteiger partial charge in [-0.25, -0.2) is 5.48 Å². The number of hydrogen-bond acceptors (Lipinski definition) is 5. The SMILES string of the molecule is O=C(/C=C/c1ccc(CN2CCC(CN[C@H](C(=O)O)c3ccccc3)CC2)cc1)NO. The van der Waals surface area contributed by atoms with Gasteiger partial charge in [-0.05, 0) is 61.2 Å². The number of benzene rings is 2. The van der Waals surface area contributed by atoms with Crippen molar-refractivity contribution in [3.63, 3.8) is 0 Å². The summed E-state index contributed by atoms with van der Waals surface area (Å²) in [5.74, 6) is -0.939. The van der Waals surface area contributed by atoms with Crippen LogP contribution in [0.4, 0.5) is 0 Å². The number of amides is 1. The lowest BCUT2D eigenvalue weighted by Crippen LogP contribution is -2.39. The van der Waals surface area contributed by atoms with Crippen molar-refractivity contribution in [2.45, 2.75) is 25.4 Å². The van der Waals surface area contributed by atoms with E-state index in [0.717, 1.165) is 43.6 Å². The van der Waals surface area contributed by atoms with Gasteiger partial charge in [-0.3, -0.25) is 19.7 Å². The molecule has 3 rings (SSSR count). The predicted molar refractivity (Wildman–Crippen MR) is 118 cm³/mol. The van der Waals surface area contributed by atoms with Crippen molar-refractivity contribution in [1.82, 2.24) is 15.7 Å². The Labute approximate surface area is 182 Å². The van der Waals surface area contributed by atoms with Gasteiger partial charge in [0, 0.05) is 12.6 Å². The molecule has 0 saturated carbocycles. The number of rotatable bonds is 9. The summed E-state index contributed by atoms with van der Waals surface area (Å²) in [6, 6.07) is 16.6. The van der Waals surface area contributed by atoms with Crippen molar-refractivity contribution in [2.75, 3.05) is 19.6 Å². The molecule has 1 saturated heterocycles. The number of likely N-dealkylation sites (tertiary alicyclic amines) is 1. The van der Waals surface area contributed by atoms with Gasteiger partial charge in [0.15, 0.2) is 0 Å². The van der Waals surface area contributed by atoms with Gasteiger partial charge in [-0.2, -0.15) is 0 Å². The summed E-state index contributed by atoms with van der Waals surface area (Å²) in [6.45, 7) is 3.52. The third kappa shape index (κ3) is 7.03. The van der Waals surface area contributed by atoms with Crippen molar-refractivity contribution >= 4 is 18.0 Å². The van der Waals surface area contributed by atoms with Crippen LogP contribution < -0.4 is 10.8 Å². The maximum absolute atomic E-state index is 11.6. The van der Waals surface area contributed by atoms with Crippen molar-refractivity contribution in [2.24, 2.45) is 5.92 Å². The molecule has 1 atom stereocenters. The van der Waals surface area contributed by atoms with E-state index in [1.54, 1.807) is 11.6 Å². The summed E-state index contributed by atoms with van der Waals surface area (Å²) in [5.41, 5.74) is 4.44. The Morgan fingerprint density at radius 1 is 1.06 bits per heavy atom. The van der Waals surface area contributed by atoms with Crippen LogP contribution in [0.3, 0.4) is 0 Å². The minimum atomic E-state index is -0.848. The molecule has 0 spiro atoms. The van der Waals surface area contributed by atoms with Crippen LogP contribution in [0.2, 0.25) is 0 Å². The average Bonchev–Trinajstić information content (AvgIpc) is 2.80. The van der Waals surface area contributed by atoms with Crippen molar-refractivity contribution in [1.29, 1.82) is 0 Å². The van der Waals surface area contributed by atoms with Gasteiger partial charge in [0.2, 0.25) is 0 Å². The molecule has 164 valence electrons. The molecule has 0 aliphatic carbocycles. The molecule has 0 aromatic heterocycles. The first-order chi connectivity index (χ1) is 15.0. The molecule has 7 nitrogen and oxygen atoms in total. The number of nitrogens with one attached hydrogen (secondary N) is 2. The van der Waals surface area contributed by atoms with Crippen LogP contribution in [0, 0.1) is 5.92 Å². The number of aliphatic carboxylic acids is 1. The number of nitrogens with zero attached hydrogens (tertiary/aromatic N) is 1. The molecule has 1 heterocycles. The number of carbonyl (C=O) groups excluding carboxylic acids is 1. The topological polar surface area (TPSA) is 102 Å². The van der Waals surface area contributed by atoms with Crippen LogP contribution in [0.5, 0.6) is 0 Å². The first-order valence-corrected chi connectivity index (χ1v) is 10.5. The second-order valence-electron chi connectivity index (χ2n) is 7.86. The molecule has 1 amide bonds. The zero-order valence-electron chi connectivity index (χ0n) is 17.4. The second kappa shape index (κ2) is 11.4. The highest BCUT2D eigenvalue weighted by molar-refractivity contribution is 5.90. The highest BCUT2D eigenvalue weighted by Gasteiger charge is 2.23. The quantitative estimate of drug-likeness (QED) is 0.281. The van der Waals surface area contributed by atoms with E-state index < -0.39 is 17.9 Å². The monoisotopic (exact) mass is 423 g/mol. The minimum absolute atomic E-state index is 0.465. The van der Waals surface area contributed by atoms with Crippen molar-refractivity contribution < 1.29 is 19.9 Å². The fourth-order valence-corrected chi connectivity index (χ4v) is 3.83. The van der Waals surface area contributed by atoms with Gasteiger partial charge in [0.25, 0.3) is 5.91 Å². The number of carboxylic acid groups (broad SMARTS) is 1. The van der Waals surface area contributed by atoms with E-state index in [-0.39, 0.29) is 0 Å². The average molecular weight is 424 g/mol. The maximum atomic E-state index is 11.6. The van der Waals surface area contributed by atoms with Gasteiger partial charge in [-0.15, -0.1) is 0 Å². The summed E-state index contributed by atoms with van der Waals surface area (Å²) in [4.78, 5) is 25.1. The highest BCUT2D eigenvalue weighted by Crippen LogP contribution is 2.21. The van der Waals surface area contributed by atoms with Crippen LogP contribution >= 0.6 is 0 Å². The van der Waals surface area contributed by atoms with Gasteiger partial charge in [-0.1, -0.05) is 54.6 Å². The summed E-state index contributed by atoms with van der Waals surface area (Å²) >= 11 is 0. The number of piperidine rings is 1. The fourth-order valence-electron chi connectivity index (χ4n) is 3.83. The minimum Gasteiger partial charge on any atom is -0.480 e. The van der Waals surface area contributed by atoms with Crippen molar-refractivity contribution in [3.8, 4) is 0 Å². The molecule has 0 unspecified atom stereocenters. The molecule has 31 heavy (non-hydrogen) atoms. The molecule has 0 bridgehead atoms. The second-order valence-corrected chi connectivity index (χ2v) is 7.86. The van der Waals surface area contributed by atoms with Crippen LogP contribution in [-0.2, 0) is 16.1 Å². The Morgan fingerprint density at radius 3 is 2.35 bits per heavy atom. The third-order valence-corrected chi connectivity index (χ3v) is 5.62. The Kier molecular flexibility index (Phi) is 8.35. The van der Waals surface area contributed by atoms with Gasteiger partial charge in [0.1, 0.15) is 6.04 Å². The Morgan fingerprint density at radius 2 is 1.74 bits per heavy atom. The van der Waals surface area contributed by atoms with E-state index in [9.17, 15) is 14.7 Å². The number of hydroxylamine groups is 1. The molecule has 4 N–H and O–H groups in total. The van der Waals surface area contributed by atoms with Crippen LogP contribution in [0.1, 0.15) is 35.6 Å². The lowest BCUT2D eigenvalue weighted by Gasteiger charge is -2.32. The predicted octanol–water partition coefficient (Wildman–Crippen LogP) is 2.83. The van der Waals surface area contributed by atoms with Crippen LogP contribution in [0.15, 0.2) is 60.7 Å². The van der Waals surface area contributed by atoms with Gasteiger partial charge < -0.3 is 10.4 Å². The molecular formula is C24H29N3O4. The summed E-state index contributed by atoms with van der Waals surface area (Å²) in [6.07, 6.45) is 4.99. The molecular weight excluding hydrogens is 394 g/mol. The summed E-state index contributed by atoms with van der Waals surface area (Å²) in [5, 5.41) is 21.3. The molecule has 2 aromatic carbocycles.